The number of carbonyl (C=O) groups excluding carboxylic acids is 1. The number of para-hydroxylation sites is 2. The monoisotopic (exact) mass is 331 g/mol. The van der Waals surface area contributed by atoms with E-state index in [1.54, 1.807) is 7.11 Å². The lowest BCUT2D eigenvalue weighted by molar-refractivity contribution is 0.0979. The lowest BCUT2D eigenvalue weighted by Gasteiger charge is -2.37. The Morgan fingerprint density at radius 1 is 1.48 bits per heavy atom. The highest BCUT2D eigenvalue weighted by atomic mass is 32.1. The predicted octanol–water partition coefficient (Wildman–Crippen LogP) is 3.39. The van der Waals surface area contributed by atoms with Crippen molar-refractivity contribution in [2.75, 3.05) is 23.9 Å². The van der Waals surface area contributed by atoms with Gasteiger partial charge in [-0.3, -0.25) is 4.79 Å². The molecular formula is C17H21N3O2S. The molecule has 1 amide bonds. The maximum atomic E-state index is 12.9. The fourth-order valence-electron chi connectivity index (χ4n) is 2.68. The van der Waals surface area contributed by atoms with Gasteiger partial charge in [0.1, 0.15) is 10.7 Å². The number of hydrogen-bond donors (Lipinski definition) is 1. The Bertz CT molecular complexity index is 699. The molecule has 1 aromatic heterocycles. The van der Waals surface area contributed by atoms with E-state index in [0.29, 0.717) is 24.8 Å². The van der Waals surface area contributed by atoms with Gasteiger partial charge in [-0.1, -0.05) is 26.0 Å². The summed E-state index contributed by atoms with van der Waals surface area (Å²) >= 11 is 1.46. The van der Waals surface area contributed by atoms with Crippen molar-refractivity contribution < 1.29 is 9.53 Å². The van der Waals surface area contributed by atoms with Crippen molar-refractivity contribution in [2.45, 2.75) is 26.5 Å². The molecule has 1 aliphatic rings. The first kappa shape index (κ1) is 16.0. The summed E-state index contributed by atoms with van der Waals surface area (Å²) in [6.45, 7) is 5.40. The number of methoxy groups -OCH3 is 1. The number of rotatable bonds is 4. The minimum absolute atomic E-state index is 0.0526. The van der Waals surface area contributed by atoms with Crippen molar-refractivity contribution in [2.24, 2.45) is 5.92 Å². The van der Waals surface area contributed by atoms with Crippen LogP contribution in [0.15, 0.2) is 29.6 Å². The molecule has 0 saturated carbocycles. The van der Waals surface area contributed by atoms with Gasteiger partial charge in [-0.15, -0.1) is 11.3 Å². The zero-order valence-electron chi connectivity index (χ0n) is 13.6. The quantitative estimate of drug-likeness (QED) is 0.933. The van der Waals surface area contributed by atoms with E-state index in [1.165, 1.54) is 11.3 Å². The average molecular weight is 331 g/mol. The molecule has 122 valence electrons. The zero-order valence-corrected chi connectivity index (χ0v) is 14.4. The van der Waals surface area contributed by atoms with Crippen molar-refractivity contribution in [3.05, 3.63) is 40.3 Å². The fraction of sp³-hybridized carbons (Fsp3) is 0.412. The summed E-state index contributed by atoms with van der Waals surface area (Å²) in [5, 5.41) is 6.16. The first-order valence-electron chi connectivity index (χ1n) is 7.71. The number of thiazole rings is 1. The maximum Gasteiger partial charge on any atom is 0.277 e. The summed E-state index contributed by atoms with van der Waals surface area (Å²) in [6, 6.07) is 8.15. The summed E-state index contributed by atoms with van der Waals surface area (Å²) < 4.78 is 5.08. The Morgan fingerprint density at radius 2 is 2.26 bits per heavy atom. The van der Waals surface area contributed by atoms with Gasteiger partial charge >= 0.3 is 0 Å². The molecule has 0 spiro atoms. The van der Waals surface area contributed by atoms with Crippen LogP contribution in [0.1, 0.15) is 29.3 Å². The van der Waals surface area contributed by atoms with E-state index in [9.17, 15) is 4.79 Å². The maximum absolute atomic E-state index is 12.9. The van der Waals surface area contributed by atoms with Crippen LogP contribution in [0.3, 0.4) is 0 Å². The van der Waals surface area contributed by atoms with Gasteiger partial charge in [-0.2, -0.15) is 0 Å². The first-order valence-corrected chi connectivity index (χ1v) is 8.59. The van der Waals surface area contributed by atoms with E-state index in [1.807, 2.05) is 34.5 Å². The largest absolute Gasteiger partial charge is 0.379 e. The number of ether oxygens (including phenoxy) is 1. The number of nitrogens with one attached hydrogen (secondary N) is 1. The van der Waals surface area contributed by atoms with E-state index in [-0.39, 0.29) is 11.9 Å². The topological polar surface area (TPSA) is 54.5 Å². The van der Waals surface area contributed by atoms with E-state index >= 15 is 0 Å². The van der Waals surface area contributed by atoms with Crippen LogP contribution in [0.4, 0.5) is 11.4 Å². The number of hydrogen-bond acceptors (Lipinski definition) is 5. The number of benzene rings is 1. The minimum atomic E-state index is -0.0526. The molecule has 1 atom stereocenters. The van der Waals surface area contributed by atoms with Crippen molar-refractivity contribution in [1.29, 1.82) is 0 Å². The molecule has 0 radical (unpaired) electrons. The summed E-state index contributed by atoms with van der Waals surface area (Å²) in [4.78, 5) is 19.2. The molecule has 0 saturated heterocycles. The van der Waals surface area contributed by atoms with Gasteiger partial charge in [0.15, 0.2) is 0 Å². The molecule has 2 aromatic rings. The Morgan fingerprint density at radius 3 is 3.00 bits per heavy atom. The molecule has 1 aliphatic heterocycles. The Kier molecular flexibility index (Phi) is 4.63. The van der Waals surface area contributed by atoms with E-state index in [2.05, 4.69) is 24.1 Å². The lowest BCUT2D eigenvalue weighted by atomic mass is 9.99. The molecule has 1 aromatic carbocycles. The van der Waals surface area contributed by atoms with Crippen molar-refractivity contribution in [1.82, 2.24) is 4.98 Å². The first-order chi connectivity index (χ1) is 11.1. The Hall–Kier alpha value is -1.92. The summed E-state index contributed by atoms with van der Waals surface area (Å²) in [5.41, 5.74) is 2.40. The Labute approximate surface area is 140 Å². The molecule has 23 heavy (non-hydrogen) atoms. The van der Waals surface area contributed by atoms with E-state index < -0.39 is 0 Å². The highest BCUT2D eigenvalue weighted by Gasteiger charge is 2.30. The Balaban J connectivity index is 1.91. The molecule has 0 fully saturated rings. The van der Waals surface area contributed by atoms with Crippen LogP contribution in [0.5, 0.6) is 0 Å². The normalized spacial score (nSPS) is 17.0. The third kappa shape index (κ3) is 3.23. The molecule has 0 bridgehead atoms. The van der Waals surface area contributed by atoms with Crippen LogP contribution in [-0.4, -0.2) is 30.6 Å². The van der Waals surface area contributed by atoms with Crippen LogP contribution in [0.2, 0.25) is 0 Å². The smallest absolute Gasteiger partial charge is 0.277 e. The molecule has 5 nitrogen and oxygen atoms in total. The number of amides is 1. The van der Waals surface area contributed by atoms with Crippen LogP contribution in [0.25, 0.3) is 0 Å². The second-order valence-corrected chi connectivity index (χ2v) is 6.93. The van der Waals surface area contributed by atoms with Crippen LogP contribution >= 0.6 is 11.3 Å². The number of fused-ring (bicyclic) bond motifs is 1. The fourth-order valence-corrected chi connectivity index (χ4v) is 3.42. The number of aromatic nitrogens is 1. The van der Waals surface area contributed by atoms with Gasteiger partial charge in [0, 0.05) is 25.1 Å². The molecular weight excluding hydrogens is 310 g/mol. The van der Waals surface area contributed by atoms with Crippen LogP contribution in [0, 0.1) is 5.92 Å². The van der Waals surface area contributed by atoms with Gasteiger partial charge in [0.25, 0.3) is 5.91 Å². The molecule has 1 N–H and O–H groups in total. The van der Waals surface area contributed by atoms with Gasteiger partial charge in [-0.25, -0.2) is 4.98 Å². The van der Waals surface area contributed by atoms with E-state index in [0.717, 1.165) is 16.4 Å². The van der Waals surface area contributed by atoms with Gasteiger partial charge in [0.05, 0.1) is 18.0 Å². The molecule has 3 rings (SSSR count). The predicted molar refractivity (Wildman–Crippen MR) is 93.2 cm³/mol. The zero-order chi connectivity index (χ0) is 16.4. The van der Waals surface area contributed by atoms with Crippen LogP contribution in [-0.2, 0) is 11.3 Å². The van der Waals surface area contributed by atoms with Gasteiger partial charge < -0.3 is 15.0 Å². The summed E-state index contributed by atoms with van der Waals surface area (Å²) in [5.74, 6) is 0.376. The highest BCUT2D eigenvalue weighted by molar-refractivity contribution is 7.09. The second kappa shape index (κ2) is 6.68. The standard InChI is InChI=1S/C17H21N3O2S/c1-11(2)13-8-20(15-7-5-4-6-12(15)18-13)17(21)14-10-23-16(19-14)9-22-3/h4-7,10-11,13,18H,8-9H2,1-3H3/t13-/m0/s1. The van der Waals surface area contributed by atoms with Crippen molar-refractivity contribution >= 4 is 28.6 Å². The van der Waals surface area contributed by atoms with Crippen molar-refractivity contribution in [3.63, 3.8) is 0 Å². The number of nitrogens with zero attached hydrogens (tertiary/aromatic N) is 2. The lowest BCUT2D eigenvalue weighted by Crippen LogP contribution is -2.47. The SMILES string of the molecule is COCc1nc(C(=O)N2C[C@@H](C(C)C)Nc3ccccc32)cs1. The molecule has 2 heterocycles. The third-order valence-electron chi connectivity index (χ3n) is 4.00. The van der Waals surface area contributed by atoms with Gasteiger partial charge in [0.2, 0.25) is 0 Å². The van der Waals surface area contributed by atoms with Crippen LogP contribution < -0.4 is 10.2 Å². The minimum Gasteiger partial charge on any atom is -0.379 e. The third-order valence-corrected chi connectivity index (χ3v) is 4.83. The number of carbonyl (C=O) groups is 1. The molecule has 0 aliphatic carbocycles. The average Bonchev–Trinajstić information content (AvgIpc) is 3.02. The highest BCUT2D eigenvalue weighted by Crippen LogP contribution is 2.33. The van der Waals surface area contributed by atoms with Gasteiger partial charge in [-0.05, 0) is 18.1 Å². The second-order valence-electron chi connectivity index (χ2n) is 5.99. The van der Waals surface area contributed by atoms with Crippen molar-refractivity contribution in [3.8, 4) is 0 Å². The number of anilines is 2. The molecule has 0 unspecified atom stereocenters. The summed E-state index contributed by atoms with van der Waals surface area (Å²) in [6.07, 6.45) is 0. The molecule has 6 heteroatoms. The summed E-state index contributed by atoms with van der Waals surface area (Å²) in [7, 11) is 1.63. The van der Waals surface area contributed by atoms with E-state index in [4.69, 9.17) is 4.74 Å².